The van der Waals surface area contributed by atoms with E-state index in [1.165, 1.54) is 86.4 Å². The Morgan fingerprint density at radius 3 is 0.966 bits per heavy atom. The monoisotopic (exact) mass is 2040 g/mol. The van der Waals surface area contributed by atoms with Gasteiger partial charge in [-0.1, -0.05) is 112 Å². The highest BCUT2D eigenvalue weighted by Crippen LogP contribution is 2.42. The summed E-state index contributed by atoms with van der Waals surface area (Å²) in [6.45, 7) is 37.7. The molecule has 20 nitrogen and oxygen atoms in total. The van der Waals surface area contributed by atoms with Crippen molar-refractivity contribution in [1.29, 1.82) is 0 Å². The zero-order chi connectivity index (χ0) is 106. The van der Waals surface area contributed by atoms with Crippen LogP contribution in [0.1, 0.15) is 321 Å². The second-order valence-corrected chi connectivity index (χ2v) is 40.4. The smallest absolute Gasteiger partial charge is 0.321 e. The van der Waals surface area contributed by atoms with Crippen molar-refractivity contribution in [1.82, 2.24) is 26.6 Å². The Kier molecular flexibility index (Phi) is 43.0. The number of hydrogen-bond acceptors (Lipinski definition) is 15. The molecular formula is C122H156F6N10O10. The molecule has 6 aliphatic rings. The van der Waals surface area contributed by atoms with Gasteiger partial charge in [-0.25, -0.2) is 17.6 Å². The molecule has 5 N–H and O–H groups in total. The molecule has 1 saturated carbocycles. The van der Waals surface area contributed by atoms with Crippen molar-refractivity contribution in [3.8, 4) is 28.7 Å². The molecular weight excluding hydrogens is 1880 g/mol. The number of rotatable bonds is 34. The highest BCUT2D eigenvalue weighted by atomic mass is 19.3. The van der Waals surface area contributed by atoms with Crippen molar-refractivity contribution in [2.45, 2.75) is 278 Å². The number of aryl methyl sites for hydroxylation is 1. The summed E-state index contributed by atoms with van der Waals surface area (Å²) in [6.07, 6.45) is 17.5. The molecule has 0 aromatic heterocycles. The second kappa shape index (κ2) is 55.9. The third-order valence-electron chi connectivity index (χ3n) is 29.1. The maximum atomic E-state index is 14.7. The minimum atomic E-state index is -3.37. The van der Waals surface area contributed by atoms with Gasteiger partial charge in [-0.3, -0.25) is 24.0 Å². The minimum absolute atomic E-state index is 0.117. The van der Waals surface area contributed by atoms with E-state index in [1.54, 1.807) is 64.1 Å². The van der Waals surface area contributed by atoms with Crippen molar-refractivity contribution in [2.24, 2.45) is 0 Å². The van der Waals surface area contributed by atoms with E-state index in [-0.39, 0.29) is 71.1 Å². The Morgan fingerprint density at radius 2 is 0.642 bits per heavy atom. The molecule has 1 aliphatic carbocycles. The maximum Gasteiger partial charge on any atom is 0.321 e. The van der Waals surface area contributed by atoms with Crippen molar-refractivity contribution >= 4 is 58.0 Å². The van der Waals surface area contributed by atoms with Crippen molar-refractivity contribution in [2.75, 3.05) is 116 Å². The highest BCUT2D eigenvalue weighted by Gasteiger charge is 2.35. The minimum Gasteiger partial charge on any atom is -0.494 e. The first kappa shape index (κ1) is 114. The van der Waals surface area contributed by atoms with E-state index < -0.39 is 17.9 Å². The summed E-state index contributed by atoms with van der Waals surface area (Å²) in [5.41, 5.74) is 15.7. The third kappa shape index (κ3) is 33.6. The second-order valence-electron chi connectivity index (χ2n) is 40.4. The topological polar surface area (TPSA) is 208 Å². The largest absolute Gasteiger partial charge is 0.494 e. The molecule has 5 heterocycles. The van der Waals surface area contributed by atoms with Crippen molar-refractivity contribution in [3.05, 3.63) is 297 Å². The summed E-state index contributed by atoms with van der Waals surface area (Å²) < 4.78 is 113. The van der Waals surface area contributed by atoms with Crippen LogP contribution in [0.5, 0.6) is 28.7 Å². The molecule has 5 amide bonds. The Labute approximate surface area is 873 Å². The fraction of sp³-hybridized carbons (Fsp3) is 0.467. The first-order valence-electron chi connectivity index (χ1n) is 53.6. The van der Waals surface area contributed by atoms with Crippen LogP contribution in [0.25, 0.3) is 0 Å². The molecule has 5 aliphatic heterocycles. The summed E-state index contributed by atoms with van der Waals surface area (Å²) in [5, 5.41) is 13.4. The lowest BCUT2D eigenvalue weighted by Gasteiger charge is -2.34. The van der Waals surface area contributed by atoms with Gasteiger partial charge < -0.3 is 74.8 Å². The van der Waals surface area contributed by atoms with Gasteiger partial charge in [0, 0.05) is 140 Å². The number of nitrogens with one attached hydrogen (secondary N) is 5. The van der Waals surface area contributed by atoms with E-state index in [2.05, 4.69) is 170 Å². The molecule has 6 fully saturated rings. The van der Waals surface area contributed by atoms with Gasteiger partial charge in [-0.05, 0) is 347 Å². The lowest BCUT2D eigenvalue weighted by Crippen LogP contribution is -2.39. The molecule has 16 rings (SSSR count). The number of anilines is 5. The number of halogens is 6. The van der Waals surface area contributed by atoms with E-state index in [1.807, 2.05) is 92.7 Å². The number of carbonyl (C=O) groups excluding carboxylic acids is 5. The van der Waals surface area contributed by atoms with Gasteiger partial charge in [-0.15, -0.1) is 0 Å². The molecule has 148 heavy (non-hydrogen) atoms. The van der Waals surface area contributed by atoms with Crippen LogP contribution in [-0.2, 0) is 24.0 Å². The molecule has 5 saturated heterocycles. The number of hydrogen-bond donors (Lipinski definition) is 5. The average molecular weight is 2040 g/mol. The predicted molar refractivity (Wildman–Crippen MR) is 583 cm³/mol. The fourth-order valence-electron chi connectivity index (χ4n) is 20.5. The Morgan fingerprint density at radius 1 is 0.331 bits per heavy atom. The molecule has 5 atom stereocenters. The SMILES string of the molecule is CC(=O)NC(C)c1ccc(N2CCC(c3ccc(OC4CCC4)cc3)CC2)cc1F.CCCOc1ccc(C2CCN(c3ccc(C(C)NC(C)=O)c(F)c3)CC2)c(C)c1.CCCOc1ccc(C2CCN(c3ccc(C(C)NC(C)=O)c(F)c3)CC2)cc1.CCCOc1ccc(C2CCN(c3ccc(C(C)NC(C)=O)cc3F)CC2)cc1.CCOc1ccc(C2CCN(c3ccc([C@H](C)NC(=O)C(C)(F)F)cc3)CC2)cc1. The Bertz CT molecular complexity index is 5850. The van der Waals surface area contributed by atoms with E-state index in [0.717, 1.165) is 231 Å². The molecule has 10 aromatic rings. The quantitative estimate of drug-likeness (QED) is 0.0238. The van der Waals surface area contributed by atoms with Crippen LogP contribution in [0, 0.1) is 30.2 Å². The zero-order valence-electron chi connectivity index (χ0n) is 89.4. The van der Waals surface area contributed by atoms with E-state index in [9.17, 15) is 50.3 Å². The van der Waals surface area contributed by atoms with Crippen LogP contribution in [0.4, 0.5) is 54.8 Å². The maximum absolute atomic E-state index is 14.7. The van der Waals surface area contributed by atoms with Crippen LogP contribution in [0.2, 0.25) is 0 Å². The molecule has 0 bridgehead atoms. The number of piperidine rings is 5. The summed E-state index contributed by atoms with van der Waals surface area (Å²) >= 11 is 0. The fourth-order valence-corrected chi connectivity index (χ4v) is 20.5. The first-order chi connectivity index (χ1) is 71.1. The van der Waals surface area contributed by atoms with Crippen molar-refractivity contribution < 1.29 is 74.0 Å². The number of nitrogens with zero attached hydrogens (tertiary/aromatic N) is 5. The average Bonchev–Trinajstić information content (AvgIpc) is 0.813. The molecule has 4 unspecified atom stereocenters. The van der Waals surface area contributed by atoms with Gasteiger partial charge in [0.1, 0.15) is 52.0 Å². The van der Waals surface area contributed by atoms with E-state index in [0.29, 0.717) is 71.6 Å². The van der Waals surface area contributed by atoms with Crippen LogP contribution in [-0.4, -0.2) is 133 Å². The molecule has 0 radical (unpaired) electrons. The molecule has 0 spiro atoms. The predicted octanol–water partition coefficient (Wildman–Crippen LogP) is 26.5. The number of alkyl halides is 2. The molecule has 10 aromatic carbocycles. The lowest BCUT2D eigenvalue weighted by atomic mass is 9.86. The van der Waals surface area contributed by atoms with Gasteiger partial charge in [0.05, 0.1) is 68.4 Å². The van der Waals surface area contributed by atoms with Crippen LogP contribution in [0.3, 0.4) is 0 Å². The van der Waals surface area contributed by atoms with Crippen molar-refractivity contribution in [3.63, 3.8) is 0 Å². The number of ether oxygens (including phenoxy) is 5. The van der Waals surface area contributed by atoms with Crippen LogP contribution in [0.15, 0.2) is 212 Å². The Hall–Kier alpha value is -12.9. The van der Waals surface area contributed by atoms with Gasteiger partial charge in [-0.2, -0.15) is 8.78 Å². The molecule has 26 heteroatoms. The normalized spacial score (nSPS) is 16.4. The number of amides is 5. The first-order valence-corrected chi connectivity index (χ1v) is 53.6. The van der Waals surface area contributed by atoms with Gasteiger partial charge in [0.25, 0.3) is 5.91 Å². The standard InChI is InChI=1S/C25H31FN2O2.C25H33FN2O2.C24H30F2N2O2.2C24H31FN2O2/c1-17(27-18(2)29)24-11-8-21(16-25(24)26)28-14-12-20(13-15-28)19-6-9-23(10-7-19)30-22-4-3-5-22;1-5-14-30-22-7-9-23(17(2)15-22)20-10-12-28(13-11-20)21-6-8-24(25(26)16-21)18(3)27-19(4)29;1-4-30-22-11-7-19(8-12-22)20-13-15-28(16-14-20)21-9-5-18(6-10-21)17(2)27-23(29)24(3,25)26;1-4-15-29-22-8-5-19(6-9-22)20-11-13-27(14-12-20)21-7-10-23(24(25)16-21)17(2)26-18(3)28;1-4-15-29-22-8-5-19(6-9-22)20-11-13-27(14-12-20)24-10-7-21(16-23(24)25)17(2)26-18(3)28/h6-11,16-17,20,22H,3-5,12-15H2,1-2H3,(H,27,29);6-9,15-16,18,20H,5,10-14H2,1-4H3,(H,27,29);5-12,17,20H,4,13-16H2,1-3H3,(H,27,29);2*5-10,16-17,20H,4,11-15H2,1-3H3,(H,26,28)/t;;17-;;/m..0../s1. The zero-order valence-corrected chi connectivity index (χ0v) is 89.4. The summed E-state index contributed by atoms with van der Waals surface area (Å²) in [6, 6.07) is 67.7. The summed E-state index contributed by atoms with van der Waals surface area (Å²) in [7, 11) is 0. The van der Waals surface area contributed by atoms with E-state index >= 15 is 0 Å². The third-order valence-corrected chi connectivity index (χ3v) is 29.1. The van der Waals surface area contributed by atoms with Gasteiger partial charge in [0.15, 0.2) is 0 Å². The summed E-state index contributed by atoms with van der Waals surface area (Å²) in [4.78, 5) is 67.6. The lowest BCUT2D eigenvalue weighted by molar-refractivity contribution is -0.143. The highest BCUT2D eigenvalue weighted by molar-refractivity contribution is 5.83. The molecule has 796 valence electrons. The van der Waals surface area contributed by atoms with Crippen LogP contribution >= 0.6 is 0 Å². The van der Waals surface area contributed by atoms with E-state index in [4.69, 9.17) is 23.7 Å². The van der Waals surface area contributed by atoms with Crippen LogP contribution < -0.4 is 74.8 Å². The van der Waals surface area contributed by atoms with Gasteiger partial charge >= 0.3 is 5.92 Å². The number of carbonyl (C=O) groups is 5. The Balaban J connectivity index is 0.000000164. The number of benzene rings is 10. The summed E-state index contributed by atoms with van der Waals surface area (Å²) in [5.74, 6) is 1.04. The van der Waals surface area contributed by atoms with Gasteiger partial charge in [0.2, 0.25) is 23.6 Å².